The van der Waals surface area contributed by atoms with Gasteiger partial charge in [-0.3, -0.25) is 4.98 Å². The SMILES string of the molecule is COc1ccc(CNC(=S)Nc2ccncc2)c(OC)c1OC. The highest BCUT2D eigenvalue weighted by Gasteiger charge is 2.15. The number of methoxy groups -OCH3 is 3. The zero-order chi connectivity index (χ0) is 16.7. The van der Waals surface area contributed by atoms with Gasteiger partial charge >= 0.3 is 0 Å². The zero-order valence-electron chi connectivity index (χ0n) is 13.3. The molecule has 1 aromatic carbocycles. The molecular formula is C16H19N3O3S. The molecule has 0 aliphatic rings. The number of ether oxygens (including phenoxy) is 3. The normalized spacial score (nSPS) is 9.87. The fourth-order valence-corrected chi connectivity index (χ4v) is 2.28. The van der Waals surface area contributed by atoms with Gasteiger partial charge < -0.3 is 24.8 Å². The Hall–Kier alpha value is -2.54. The number of pyridine rings is 1. The van der Waals surface area contributed by atoms with Crippen molar-refractivity contribution in [2.24, 2.45) is 0 Å². The number of anilines is 1. The van der Waals surface area contributed by atoms with Crippen molar-refractivity contribution in [2.75, 3.05) is 26.6 Å². The molecule has 1 heterocycles. The minimum absolute atomic E-state index is 0.487. The summed E-state index contributed by atoms with van der Waals surface area (Å²) in [5, 5.41) is 6.73. The summed E-state index contributed by atoms with van der Waals surface area (Å²) < 4.78 is 16.1. The van der Waals surface area contributed by atoms with Crippen molar-refractivity contribution in [1.29, 1.82) is 0 Å². The Morgan fingerprint density at radius 1 is 1.00 bits per heavy atom. The molecule has 0 aliphatic carbocycles. The summed E-state index contributed by atoms with van der Waals surface area (Å²) in [5.74, 6) is 1.79. The van der Waals surface area contributed by atoms with Crippen molar-refractivity contribution in [1.82, 2.24) is 10.3 Å². The van der Waals surface area contributed by atoms with Gasteiger partial charge in [0.15, 0.2) is 16.6 Å². The molecule has 0 spiro atoms. The average Bonchev–Trinajstić information content (AvgIpc) is 2.59. The molecule has 0 bridgehead atoms. The summed E-state index contributed by atoms with van der Waals surface area (Å²) in [7, 11) is 4.75. The van der Waals surface area contributed by atoms with E-state index in [4.69, 9.17) is 26.4 Å². The molecule has 0 amide bonds. The van der Waals surface area contributed by atoms with Gasteiger partial charge in [0, 0.05) is 30.2 Å². The number of benzene rings is 1. The third-order valence-electron chi connectivity index (χ3n) is 3.16. The van der Waals surface area contributed by atoms with Crippen LogP contribution in [0, 0.1) is 0 Å². The van der Waals surface area contributed by atoms with Crippen LogP contribution in [0.15, 0.2) is 36.7 Å². The lowest BCUT2D eigenvalue weighted by Gasteiger charge is -2.17. The van der Waals surface area contributed by atoms with E-state index in [2.05, 4.69) is 15.6 Å². The lowest BCUT2D eigenvalue weighted by molar-refractivity contribution is 0.322. The Bertz CT molecular complexity index is 665. The molecule has 2 aromatic rings. The molecule has 7 heteroatoms. The topological polar surface area (TPSA) is 64.6 Å². The van der Waals surface area contributed by atoms with Crippen LogP contribution in [-0.4, -0.2) is 31.4 Å². The fourth-order valence-electron chi connectivity index (χ4n) is 2.09. The Balaban J connectivity index is 2.06. The number of hydrogen-bond acceptors (Lipinski definition) is 5. The zero-order valence-corrected chi connectivity index (χ0v) is 14.1. The predicted molar refractivity (Wildman–Crippen MR) is 93.4 cm³/mol. The van der Waals surface area contributed by atoms with E-state index in [9.17, 15) is 0 Å². The molecule has 1 aromatic heterocycles. The second kappa shape index (κ2) is 8.19. The highest BCUT2D eigenvalue weighted by molar-refractivity contribution is 7.80. The molecule has 2 N–H and O–H groups in total. The first kappa shape index (κ1) is 16.8. The van der Waals surface area contributed by atoms with Crippen molar-refractivity contribution < 1.29 is 14.2 Å². The number of rotatable bonds is 6. The van der Waals surface area contributed by atoms with E-state index >= 15 is 0 Å². The van der Waals surface area contributed by atoms with Crippen molar-refractivity contribution in [2.45, 2.75) is 6.54 Å². The molecule has 23 heavy (non-hydrogen) atoms. The Labute approximate surface area is 140 Å². The molecule has 2 rings (SSSR count). The first-order valence-electron chi connectivity index (χ1n) is 6.92. The average molecular weight is 333 g/mol. The standard InChI is InChI=1S/C16H19N3O3S/c1-20-13-5-4-11(14(21-2)15(13)22-3)10-18-16(23)19-12-6-8-17-9-7-12/h4-9H,10H2,1-3H3,(H2,17,18,19,23). The lowest BCUT2D eigenvalue weighted by atomic mass is 10.1. The molecule has 0 unspecified atom stereocenters. The quantitative estimate of drug-likeness (QED) is 0.788. The van der Waals surface area contributed by atoms with Crippen LogP contribution in [0.25, 0.3) is 0 Å². The van der Waals surface area contributed by atoms with Crippen LogP contribution in [0.5, 0.6) is 17.2 Å². The predicted octanol–water partition coefficient (Wildman–Crippen LogP) is 2.59. The van der Waals surface area contributed by atoms with Gasteiger partial charge in [-0.1, -0.05) is 0 Å². The van der Waals surface area contributed by atoms with Crippen molar-refractivity contribution in [3.63, 3.8) is 0 Å². The Kier molecular flexibility index (Phi) is 5.99. The van der Waals surface area contributed by atoms with E-state index in [1.807, 2.05) is 24.3 Å². The van der Waals surface area contributed by atoms with Gasteiger partial charge in [0.1, 0.15) is 0 Å². The molecule has 0 radical (unpaired) electrons. The largest absolute Gasteiger partial charge is 0.493 e. The van der Waals surface area contributed by atoms with Crippen LogP contribution in [0.3, 0.4) is 0 Å². The molecule has 0 fully saturated rings. The van der Waals surface area contributed by atoms with Crippen LogP contribution < -0.4 is 24.8 Å². The van der Waals surface area contributed by atoms with Crippen LogP contribution in [-0.2, 0) is 6.54 Å². The maximum absolute atomic E-state index is 5.44. The second-order valence-corrected chi connectivity index (χ2v) is 4.95. The van der Waals surface area contributed by atoms with Crippen LogP contribution in [0.1, 0.15) is 5.56 Å². The molecule has 0 saturated carbocycles. The van der Waals surface area contributed by atoms with E-state index in [0.29, 0.717) is 28.9 Å². The number of hydrogen-bond donors (Lipinski definition) is 2. The first-order valence-corrected chi connectivity index (χ1v) is 7.33. The van der Waals surface area contributed by atoms with E-state index in [1.54, 1.807) is 33.7 Å². The minimum Gasteiger partial charge on any atom is -0.493 e. The summed E-state index contributed by atoms with van der Waals surface area (Å²) in [5.41, 5.74) is 1.78. The molecule has 122 valence electrons. The van der Waals surface area contributed by atoms with E-state index < -0.39 is 0 Å². The van der Waals surface area contributed by atoms with Gasteiger partial charge in [-0.15, -0.1) is 0 Å². The van der Waals surface area contributed by atoms with Gasteiger partial charge in [-0.25, -0.2) is 0 Å². The number of aromatic nitrogens is 1. The van der Waals surface area contributed by atoms with Crippen LogP contribution in [0.2, 0.25) is 0 Å². The van der Waals surface area contributed by atoms with E-state index in [0.717, 1.165) is 11.3 Å². The van der Waals surface area contributed by atoms with Crippen molar-refractivity contribution in [3.8, 4) is 17.2 Å². The van der Waals surface area contributed by atoms with Gasteiger partial charge in [-0.05, 0) is 36.5 Å². The van der Waals surface area contributed by atoms with E-state index in [-0.39, 0.29) is 0 Å². The summed E-state index contributed by atoms with van der Waals surface area (Å²) >= 11 is 5.29. The second-order valence-electron chi connectivity index (χ2n) is 4.54. The summed E-state index contributed by atoms with van der Waals surface area (Å²) in [6, 6.07) is 7.41. The van der Waals surface area contributed by atoms with Gasteiger partial charge in [0.2, 0.25) is 5.75 Å². The third-order valence-corrected chi connectivity index (χ3v) is 3.41. The maximum Gasteiger partial charge on any atom is 0.203 e. The summed E-state index contributed by atoms with van der Waals surface area (Å²) in [6.45, 7) is 0.487. The van der Waals surface area contributed by atoms with E-state index in [1.165, 1.54) is 0 Å². The Morgan fingerprint density at radius 3 is 2.30 bits per heavy atom. The lowest BCUT2D eigenvalue weighted by Crippen LogP contribution is -2.28. The molecule has 0 atom stereocenters. The Morgan fingerprint density at radius 2 is 1.70 bits per heavy atom. The smallest absolute Gasteiger partial charge is 0.203 e. The van der Waals surface area contributed by atoms with Crippen molar-refractivity contribution in [3.05, 3.63) is 42.2 Å². The van der Waals surface area contributed by atoms with Gasteiger partial charge in [0.05, 0.1) is 21.3 Å². The first-order chi connectivity index (χ1) is 11.2. The minimum atomic E-state index is 0.487. The van der Waals surface area contributed by atoms with Crippen LogP contribution >= 0.6 is 12.2 Å². The fraction of sp³-hybridized carbons (Fsp3) is 0.250. The monoisotopic (exact) mass is 333 g/mol. The molecule has 0 saturated heterocycles. The molecule has 6 nitrogen and oxygen atoms in total. The number of nitrogens with zero attached hydrogens (tertiary/aromatic N) is 1. The summed E-state index contributed by atoms with van der Waals surface area (Å²) in [4.78, 5) is 3.96. The van der Waals surface area contributed by atoms with Crippen molar-refractivity contribution >= 4 is 23.0 Å². The highest BCUT2D eigenvalue weighted by atomic mass is 32.1. The molecule has 0 aliphatic heterocycles. The van der Waals surface area contributed by atoms with Gasteiger partial charge in [0.25, 0.3) is 0 Å². The number of nitrogens with one attached hydrogen (secondary N) is 2. The highest BCUT2D eigenvalue weighted by Crippen LogP contribution is 2.39. The van der Waals surface area contributed by atoms with Crippen LogP contribution in [0.4, 0.5) is 5.69 Å². The summed E-state index contributed by atoms with van der Waals surface area (Å²) in [6.07, 6.45) is 3.39. The molecular weight excluding hydrogens is 314 g/mol. The van der Waals surface area contributed by atoms with Gasteiger partial charge in [-0.2, -0.15) is 0 Å². The third kappa shape index (κ3) is 4.23. The number of thiocarbonyl (C=S) groups is 1. The maximum atomic E-state index is 5.44.